The SMILES string of the molecule is CCC1C(=O)NC(=O)CN1S(=O)(=O)c1c(N)nn(C)c1C. The number of anilines is 1. The molecule has 1 atom stereocenters. The molecule has 116 valence electrons. The molecule has 9 nitrogen and oxygen atoms in total. The minimum absolute atomic E-state index is 0.150. The number of nitrogens with two attached hydrogens (primary N) is 1. The molecule has 1 saturated heterocycles. The lowest BCUT2D eigenvalue weighted by Crippen LogP contribution is -2.59. The molecule has 1 aliphatic rings. The Balaban J connectivity index is 2.56. The minimum atomic E-state index is -4.09. The van der Waals surface area contributed by atoms with E-state index in [9.17, 15) is 18.0 Å². The number of amides is 2. The average Bonchev–Trinajstić information content (AvgIpc) is 2.62. The van der Waals surface area contributed by atoms with Crippen LogP contribution in [0.1, 0.15) is 19.0 Å². The summed E-state index contributed by atoms with van der Waals surface area (Å²) in [6.45, 7) is 2.81. The third-order valence-corrected chi connectivity index (χ3v) is 5.49. The van der Waals surface area contributed by atoms with Crippen LogP contribution in [0.3, 0.4) is 0 Å². The molecule has 0 saturated carbocycles. The van der Waals surface area contributed by atoms with E-state index in [-0.39, 0.29) is 17.1 Å². The molecule has 10 heteroatoms. The third-order valence-electron chi connectivity index (χ3n) is 3.47. The highest BCUT2D eigenvalue weighted by Gasteiger charge is 2.42. The maximum atomic E-state index is 12.8. The van der Waals surface area contributed by atoms with E-state index in [0.29, 0.717) is 5.69 Å². The van der Waals surface area contributed by atoms with Crippen LogP contribution >= 0.6 is 0 Å². The summed E-state index contributed by atoms with van der Waals surface area (Å²) >= 11 is 0. The summed E-state index contributed by atoms with van der Waals surface area (Å²) in [5.41, 5.74) is 6.02. The quantitative estimate of drug-likeness (QED) is 0.670. The number of aryl methyl sites for hydroxylation is 1. The van der Waals surface area contributed by atoms with Gasteiger partial charge < -0.3 is 5.73 Å². The van der Waals surface area contributed by atoms with Crippen molar-refractivity contribution in [3.8, 4) is 0 Å². The molecule has 3 N–H and O–H groups in total. The van der Waals surface area contributed by atoms with Crippen LogP contribution in [-0.4, -0.2) is 46.9 Å². The highest BCUT2D eigenvalue weighted by atomic mass is 32.2. The number of carbonyl (C=O) groups excluding carboxylic acids is 2. The van der Waals surface area contributed by atoms with Gasteiger partial charge in [-0.3, -0.25) is 19.6 Å². The van der Waals surface area contributed by atoms with Gasteiger partial charge in [0, 0.05) is 7.05 Å². The lowest BCUT2D eigenvalue weighted by atomic mass is 10.2. The molecule has 1 aromatic rings. The Morgan fingerprint density at radius 3 is 2.52 bits per heavy atom. The maximum Gasteiger partial charge on any atom is 0.249 e. The van der Waals surface area contributed by atoms with Gasteiger partial charge in [0.15, 0.2) is 5.82 Å². The van der Waals surface area contributed by atoms with Crippen molar-refractivity contribution in [2.24, 2.45) is 7.05 Å². The third kappa shape index (κ3) is 2.40. The summed E-state index contributed by atoms with van der Waals surface area (Å²) in [6, 6.07) is -0.938. The zero-order valence-corrected chi connectivity index (χ0v) is 12.8. The Labute approximate surface area is 122 Å². The van der Waals surface area contributed by atoms with E-state index in [0.717, 1.165) is 4.31 Å². The van der Waals surface area contributed by atoms with E-state index in [4.69, 9.17) is 5.73 Å². The van der Waals surface area contributed by atoms with Crippen molar-refractivity contribution in [2.75, 3.05) is 12.3 Å². The Bertz CT molecular complexity index is 708. The van der Waals surface area contributed by atoms with Crippen LogP contribution in [0.5, 0.6) is 0 Å². The predicted octanol–water partition coefficient (Wildman–Crippen LogP) is -1.26. The summed E-state index contributed by atoms with van der Waals surface area (Å²) in [4.78, 5) is 23.2. The molecule has 1 aromatic heterocycles. The lowest BCUT2D eigenvalue weighted by Gasteiger charge is -2.32. The van der Waals surface area contributed by atoms with Crippen LogP contribution in [0.2, 0.25) is 0 Å². The van der Waals surface area contributed by atoms with E-state index in [2.05, 4.69) is 10.4 Å². The zero-order chi connectivity index (χ0) is 15.9. The fourth-order valence-corrected chi connectivity index (χ4v) is 4.25. The monoisotopic (exact) mass is 315 g/mol. The van der Waals surface area contributed by atoms with Gasteiger partial charge in [-0.1, -0.05) is 6.92 Å². The van der Waals surface area contributed by atoms with Gasteiger partial charge in [-0.05, 0) is 13.3 Å². The van der Waals surface area contributed by atoms with Gasteiger partial charge in [-0.25, -0.2) is 8.42 Å². The molecular formula is C11H17N5O4S. The van der Waals surface area contributed by atoms with Crippen molar-refractivity contribution in [3.63, 3.8) is 0 Å². The smallest absolute Gasteiger partial charge is 0.249 e. The van der Waals surface area contributed by atoms with E-state index in [1.807, 2.05) is 0 Å². The zero-order valence-electron chi connectivity index (χ0n) is 12.0. The van der Waals surface area contributed by atoms with E-state index in [1.165, 1.54) is 4.68 Å². The number of aromatic nitrogens is 2. The number of sulfonamides is 1. The van der Waals surface area contributed by atoms with Crippen LogP contribution in [0.15, 0.2) is 4.90 Å². The number of nitrogen functional groups attached to an aromatic ring is 1. The van der Waals surface area contributed by atoms with Crippen LogP contribution < -0.4 is 11.1 Å². The second-order valence-corrected chi connectivity index (χ2v) is 6.64. The van der Waals surface area contributed by atoms with Gasteiger partial charge in [0.25, 0.3) is 0 Å². The first kappa shape index (κ1) is 15.4. The van der Waals surface area contributed by atoms with Gasteiger partial charge in [0.1, 0.15) is 10.9 Å². The number of carbonyl (C=O) groups is 2. The first-order valence-corrected chi connectivity index (χ1v) is 7.78. The number of hydrogen-bond acceptors (Lipinski definition) is 6. The number of rotatable bonds is 3. The number of hydrogen-bond donors (Lipinski definition) is 2. The van der Waals surface area contributed by atoms with Crippen molar-refractivity contribution in [2.45, 2.75) is 31.2 Å². The predicted molar refractivity (Wildman–Crippen MR) is 73.5 cm³/mol. The van der Waals surface area contributed by atoms with Gasteiger partial charge in [-0.15, -0.1) is 0 Å². The summed E-state index contributed by atoms with van der Waals surface area (Å²) in [6.07, 6.45) is 0.248. The summed E-state index contributed by atoms with van der Waals surface area (Å²) in [7, 11) is -2.52. The fraction of sp³-hybridized carbons (Fsp3) is 0.545. The molecule has 0 bridgehead atoms. The van der Waals surface area contributed by atoms with Crippen molar-refractivity contribution in [1.82, 2.24) is 19.4 Å². The summed E-state index contributed by atoms with van der Waals surface area (Å²) in [5.74, 6) is -1.44. The number of nitrogens with zero attached hydrogens (tertiary/aromatic N) is 3. The fourth-order valence-electron chi connectivity index (χ4n) is 2.33. The molecule has 2 amide bonds. The highest BCUT2D eigenvalue weighted by molar-refractivity contribution is 7.89. The second-order valence-electron chi connectivity index (χ2n) is 4.81. The van der Waals surface area contributed by atoms with Crippen molar-refractivity contribution < 1.29 is 18.0 Å². The molecule has 2 rings (SSSR count). The Hall–Kier alpha value is -1.94. The van der Waals surface area contributed by atoms with E-state index >= 15 is 0 Å². The van der Waals surface area contributed by atoms with Gasteiger partial charge >= 0.3 is 0 Å². The largest absolute Gasteiger partial charge is 0.381 e. The average molecular weight is 315 g/mol. The van der Waals surface area contributed by atoms with Crippen molar-refractivity contribution in [3.05, 3.63) is 5.69 Å². The topological polar surface area (TPSA) is 127 Å². The van der Waals surface area contributed by atoms with Crippen LogP contribution in [0, 0.1) is 6.92 Å². The molecule has 0 aromatic carbocycles. The lowest BCUT2D eigenvalue weighted by molar-refractivity contribution is -0.137. The molecular weight excluding hydrogens is 298 g/mol. The molecule has 1 fully saturated rings. The van der Waals surface area contributed by atoms with E-state index < -0.39 is 34.4 Å². The van der Waals surface area contributed by atoms with Gasteiger partial charge in [0.2, 0.25) is 21.8 Å². The molecule has 1 aliphatic heterocycles. The highest BCUT2D eigenvalue weighted by Crippen LogP contribution is 2.28. The molecule has 21 heavy (non-hydrogen) atoms. The summed E-state index contributed by atoms with van der Waals surface area (Å²) in [5, 5.41) is 6.00. The van der Waals surface area contributed by atoms with Crippen molar-refractivity contribution in [1.29, 1.82) is 0 Å². The molecule has 2 heterocycles. The Kier molecular flexibility index (Phi) is 3.76. The first-order chi connectivity index (χ1) is 9.70. The summed E-state index contributed by atoms with van der Waals surface area (Å²) < 4.78 is 27.8. The normalized spacial score (nSPS) is 20.6. The number of imide groups is 1. The number of piperazine rings is 1. The standard InChI is InChI=1S/C11H17N5O4S/c1-4-7-11(18)13-8(17)5-16(7)21(19,20)9-6(2)15(3)14-10(9)12/h7H,4-5H2,1-3H3,(H2,12,14)(H,13,17,18). The second kappa shape index (κ2) is 5.11. The molecule has 0 spiro atoms. The maximum absolute atomic E-state index is 12.8. The Morgan fingerprint density at radius 1 is 1.43 bits per heavy atom. The first-order valence-electron chi connectivity index (χ1n) is 6.34. The van der Waals surface area contributed by atoms with Gasteiger partial charge in [-0.2, -0.15) is 9.40 Å². The van der Waals surface area contributed by atoms with Crippen LogP contribution in [0.25, 0.3) is 0 Å². The van der Waals surface area contributed by atoms with Crippen LogP contribution in [-0.2, 0) is 26.7 Å². The van der Waals surface area contributed by atoms with Gasteiger partial charge in [0.05, 0.1) is 12.2 Å². The van der Waals surface area contributed by atoms with Crippen LogP contribution in [0.4, 0.5) is 5.82 Å². The minimum Gasteiger partial charge on any atom is -0.381 e. The number of nitrogens with one attached hydrogen (secondary N) is 1. The molecule has 1 unspecified atom stereocenters. The molecule has 0 radical (unpaired) electrons. The van der Waals surface area contributed by atoms with E-state index in [1.54, 1.807) is 20.9 Å². The van der Waals surface area contributed by atoms with Crippen molar-refractivity contribution >= 4 is 27.7 Å². The Morgan fingerprint density at radius 2 is 2.05 bits per heavy atom. The molecule has 0 aliphatic carbocycles.